The lowest BCUT2D eigenvalue weighted by Gasteiger charge is -2.22. The van der Waals surface area contributed by atoms with Crippen LogP contribution in [0.25, 0.3) is 0 Å². The van der Waals surface area contributed by atoms with Gasteiger partial charge in [-0.3, -0.25) is 14.4 Å². The Hall–Kier alpha value is -1.59. The van der Waals surface area contributed by atoms with E-state index in [2.05, 4.69) is 16.0 Å². The quantitative estimate of drug-likeness (QED) is 0.638. The first-order valence-corrected chi connectivity index (χ1v) is 6.11. The van der Waals surface area contributed by atoms with E-state index in [1.807, 2.05) is 0 Å². The third kappa shape index (κ3) is 3.72. The van der Waals surface area contributed by atoms with Crippen LogP contribution in [-0.4, -0.2) is 36.3 Å². The molecule has 0 saturated carbocycles. The van der Waals surface area contributed by atoms with Gasteiger partial charge < -0.3 is 16.0 Å². The fraction of sp³-hybridized carbons (Fsp3) is 0.750. The summed E-state index contributed by atoms with van der Waals surface area (Å²) >= 11 is 0. The monoisotopic (exact) mass is 255 g/mol. The van der Waals surface area contributed by atoms with Crippen molar-refractivity contribution in [3.63, 3.8) is 0 Å². The van der Waals surface area contributed by atoms with Crippen molar-refractivity contribution in [2.45, 2.75) is 46.2 Å². The van der Waals surface area contributed by atoms with Gasteiger partial charge in [-0.25, -0.2) is 0 Å². The highest BCUT2D eigenvalue weighted by Gasteiger charge is 2.29. The molecule has 1 fully saturated rings. The first-order chi connectivity index (χ1) is 8.21. The van der Waals surface area contributed by atoms with Gasteiger partial charge in [-0.05, 0) is 13.3 Å². The van der Waals surface area contributed by atoms with Crippen LogP contribution in [0.2, 0.25) is 0 Å². The van der Waals surface area contributed by atoms with Crippen molar-refractivity contribution in [3.8, 4) is 0 Å². The Morgan fingerprint density at radius 3 is 2.44 bits per heavy atom. The van der Waals surface area contributed by atoms with Gasteiger partial charge in [0.05, 0.1) is 0 Å². The van der Waals surface area contributed by atoms with E-state index in [0.717, 1.165) is 0 Å². The maximum absolute atomic E-state index is 11.8. The Kier molecular flexibility index (Phi) is 4.32. The Bertz CT molecular complexity index is 360. The second-order valence-electron chi connectivity index (χ2n) is 5.59. The van der Waals surface area contributed by atoms with Crippen LogP contribution in [0.1, 0.15) is 34.1 Å². The Morgan fingerprint density at radius 1 is 1.39 bits per heavy atom. The summed E-state index contributed by atoms with van der Waals surface area (Å²) in [6, 6.07) is -1.13. The maximum Gasteiger partial charge on any atom is 0.242 e. The van der Waals surface area contributed by atoms with Crippen LogP contribution in [-0.2, 0) is 14.4 Å². The number of hydrogen-bond donors (Lipinski definition) is 3. The standard InChI is InChI=1S/C12H21N3O3/c1-7(14-11(18)12(2,3)4)9(16)15-8-5-6-13-10(8)17/h7-8H,5-6H2,1-4H3,(H,13,17)(H,14,18)(H,15,16)/t7-,8+/m0/s1. The molecule has 6 nitrogen and oxygen atoms in total. The van der Waals surface area contributed by atoms with Crippen LogP contribution < -0.4 is 16.0 Å². The average Bonchev–Trinajstić information content (AvgIpc) is 2.62. The smallest absolute Gasteiger partial charge is 0.242 e. The van der Waals surface area contributed by atoms with Crippen LogP contribution in [0, 0.1) is 5.41 Å². The molecule has 1 saturated heterocycles. The molecule has 1 aliphatic rings. The second kappa shape index (κ2) is 5.37. The van der Waals surface area contributed by atoms with Crippen molar-refractivity contribution in [3.05, 3.63) is 0 Å². The lowest BCUT2D eigenvalue weighted by molar-refractivity contribution is -0.134. The molecule has 1 rings (SSSR count). The van der Waals surface area contributed by atoms with Crippen molar-refractivity contribution in [2.75, 3.05) is 6.54 Å². The molecule has 0 aromatic carbocycles. The molecule has 1 aliphatic heterocycles. The van der Waals surface area contributed by atoms with Gasteiger partial charge in [0, 0.05) is 12.0 Å². The molecule has 18 heavy (non-hydrogen) atoms. The molecule has 0 aromatic heterocycles. The third-order valence-corrected chi connectivity index (χ3v) is 2.79. The minimum Gasteiger partial charge on any atom is -0.354 e. The van der Waals surface area contributed by atoms with Crippen molar-refractivity contribution >= 4 is 17.7 Å². The molecule has 6 heteroatoms. The van der Waals surface area contributed by atoms with Gasteiger partial charge in [-0.2, -0.15) is 0 Å². The minimum absolute atomic E-state index is 0.169. The lowest BCUT2D eigenvalue weighted by atomic mass is 9.95. The molecule has 1 heterocycles. The number of carbonyl (C=O) groups is 3. The summed E-state index contributed by atoms with van der Waals surface area (Å²) in [5.74, 6) is -0.701. The van der Waals surface area contributed by atoms with Gasteiger partial charge in [0.25, 0.3) is 0 Å². The summed E-state index contributed by atoms with van der Waals surface area (Å²) in [7, 11) is 0. The normalized spacial score (nSPS) is 21.1. The third-order valence-electron chi connectivity index (χ3n) is 2.79. The molecular formula is C12H21N3O3. The molecule has 2 atom stereocenters. The highest BCUT2D eigenvalue weighted by molar-refractivity contribution is 5.93. The summed E-state index contributed by atoms with van der Waals surface area (Å²) in [6.45, 7) is 7.50. The van der Waals surface area contributed by atoms with Crippen molar-refractivity contribution < 1.29 is 14.4 Å². The molecule has 3 N–H and O–H groups in total. The summed E-state index contributed by atoms with van der Waals surface area (Å²) in [5.41, 5.74) is -0.542. The van der Waals surface area contributed by atoms with Gasteiger partial charge in [0.2, 0.25) is 17.7 Å². The Labute approximate surface area is 107 Å². The van der Waals surface area contributed by atoms with E-state index in [9.17, 15) is 14.4 Å². The summed E-state index contributed by atoms with van der Waals surface area (Å²) < 4.78 is 0. The molecule has 3 amide bonds. The van der Waals surface area contributed by atoms with Crippen molar-refractivity contribution in [1.82, 2.24) is 16.0 Å². The number of rotatable bonds is 3. The van der Waals surface area contributed by atoms with Gasteiger partial charge in [-0.1, -0.05) is 20.8 Å². The second-order valence-corrected chi connectivity index (χ2v) is 5.59. The van der Waals surface area contributed by atoms with Crippen LogP contribution in [0.3, 0.4) is 0 Å². The number of hydrogen-bond acceptors (Lipinski definition) is 3. The molecule has 0 unspecified atom stereocenters. The van der Waals surface area contributed by atoms with E-state index in [-0.39, 0.29) is 17.7 Å². The zero-order valence-electron chi connectivity index (χ0n) is 11.3. The van der Waals surface area contributed by atoms with Crippen molar-refractivity contribution in [1.29, 1.82) is 0 Å². The fourth-order valence-electron chi connectivity index (χ4n) is 1.51. The zero-order chi connectivity index (χ0) is 13.9. The topological polar surface area (TPSA) is 87.3 Å². The van der Waals surface area contributed by atoms with Gasteiger partial charge in [-0.15, -0.1) is 0 Å². The molecule has 0 aliphatic carbocycles. The van der Waals surface area contributed by atoms with Gasteiger partial charge in [0.1, 0.15) is 12.1 Å². The number of carbonyl (C=O) groups excluding carboxylic acids is 3. The van der Waals surface area contributed by atoms with E-state index in [4.69, 9.17) is 0 Å². The SMILES string of the molecule is C[C@H](NC(=O)C(C)(C)C)C(=O)N[C@@H]1CCNC1=O. The molecule has 102 valence electrons. The first kappa shape index (κ1) is 14.5. The van der Waals surface area contributed by atoms with E-state index in [0.29, 0.717) is 13.0 Å². The van der Waals surface area contributed by atoms with Crippen LogP contribution in [0.15, 0.2) is 0 Å². The van der Waals surface area contributed by atoms with E-state index >= 15 is 0 Å². The lowest BCUT2D eigenvalue weighted by Crippen LogP contribution is -2.51. The number of nitrogens with one attached hydrogen (secondary N) is 3. The van der Waals surface area contributed by atoms with Crippen molar-refractivity contribution in [2.24, 2.45) is 5.41 Å². The van der Waals surface area contributed by atoms with Gasteiger partial charge >= 0.3 is 0 Å². The number of amides is 3. The molecule has 0 bridgehead atoms. The molecule has 0 spiro atoms. The highest BCUT2D eigenvalue weighted by atomic mass is 16.2. The fourth-order valence-corrected chi connectivity index (χ4v) is 1.51. The molecule has 0 radical (unpaired) electrons. The van der Waals surface area contributed by atoms with Crippen LogP contribution >= 0.6 is 0 Å². The predicted molar refractivity (Wildman–Crippen MR) is 66.6 cm³/mol. The van der Waals surface area contributed by atoms with E-state index < -0.39 is 17.5 Å². The molecule has 0 aromatic rings. The first-order valence-electron chi connectivity index (χ1n) is 6.11. The predicted octanol–water partition coefficient (Wildman–Crippen LogP) is -0.458. The van der Waals surface area contributed by atoms with Gasteiger partial charge in [0.15, 0.2) is 0 Å². The Morgan fingerprint density at radius 2 is 2.00 bits per heavy atom. The Balaban J connectivity index is 2.47. The maximum atomic E-state index is 11.8. The summed E-state index contributed by atoms with van der Waals surface area (Å²) in [6.07, 6.45) is 0.588. The van der Waals surface area contributed by atoms with Crippen LogP contribution in [0.5, 0.6) is 0 Å². The molecular weight excluding hydrogens is 234 g/mol. The van der Waals surface area contributed by atoms with Crippen LogP contribution in [0.4, 0.5) is 0 Å². The summed E-state index contributed by atoms with van der Waals surface area (Å²) in [4.78, 5) is 34.8. The largest absolute Gasteiger partial charge is 0.354 e. The minimum atomic E-state index is -0.648. The summed E-state index contributed by atoms with van der Waals surface area (Å²) in [5, 5.41) is 7.88. The van der Waals surface area contributed by atoms with E-state index in [1.54, 1.807) is 27.7 Å². The van der Waals surface area contributed by atoms with E-state index in [1.165, 1.54) is 0 Å². The average molecular weight is 255 g/mol. The zero-order valence-corrected chi connectivity index (χ0v) is 11.3. The highest BCUT2D eigenvalue weighted by Crippen LogP contribution is 2.12.